The van der Waals surface area contributed by atoms with E-state index in [1.54, 1.807) is 23.5 Å². The molecular weight excluding hydrogens is 303 g/mol. The van der Waals surface area contributed by atoms with Crippen LogP contribution in [0.3, 0.4) is 0 Å². The molecule has 0 aromatic carbocycles. The molecule has 19 heavy (non-hydrogen) atoms. The third-order valence-corrected chi connectivity index (χ3v) is 4.26. The Balaban J connectivity index is 2.03. The number of carbonyl (C=O) groups is 1. The van der Waals surface area contributed by atoms with E-state index < -0.39 is 0 Å². The summed E-state index contributed by atoms with van der Waals surface area (Å²) >= 11 is 13.4. The molecule has 1 amide bonds. The standard InChI is InChI=1S/C13H12Cl2N2OS/c1-2-8-3-4-9(19-8)7-16-13(18)12-10(14)5-6-11(15)17-12/h3-6H,2,7H2,1H3,(H,16,18). The number of aryl methyl sites for hydroxylation is 1. The summed E-state index contributed by atoms with van der Waals surface area (Å²) in [5, 5.41) is 3.33. The molecule has 2 aromatic heterocycles. The number of thiophene rings is 1. The highest BCUT2D eigenvalue weighted by atomic mass is 35.5. The van der Waals surface area contributed by atoms with Gasteiger partial charge < -0.3 is 5.32 Å². The smallest absolute Gasteiger partial charge is 0.271 e. The summed E-state index contributed by atoms with van der Waals surface area (Å²) in [5.74, 6) is -0.320. The lowest BCUT2D eigenvalue weighted by Crippen LogP contribution is -2.23. The molecule has 0 aliphatic carbocycles. The first kappa shape index (κ1) is 14.3. The fraction of sp³-hybridized carbons (Fsp3) is 0.231. The van der Waals surface area contributed by atoms with Crippen molar-refractivity contribution in [2.75, 3.05) is 0 Å². The van der Waals surface area contributed by atoms with Crippen LogP contribution >= 0.6 is 34.5 Å². The van der Waals surface area contributed by atoms with Crippen molar-refractivity contribution >= 4 is 40.4 Å². The molecule has 0 bridgehead atoms. The minimum Gasteiger partial charge on any atom is -0.346 e. The summed E-state index contributed by atoms with van der Waals surface area (Å²) in [6, 6.07) is 7.19. The first-order chi connectivity index (χ1) is 9.10. The van der Waals surface area contributed by atoms with Crippen LogP contribution < -0.4 is 5.32 Å². The highest BCUT2D eigenvalue weighted by molar-refractivity contribution is 7.11. The van der Waals surface area contributed by atoms with Crippen LogP contribution in [0.4, 0.5) is 0 Å². The zero-order valence-electron chi connectivity index (χ0n) is 10.2. The third-order valence-electron chi connectivity index (χ3n) is 2.52. The van der Waals surface area contributed by atoms with Crippen LogP contribution in [0.5, 0.6) is 0 Å². The van der Waals surface area contributed by atoms with Gasteiger partial charge in [-0.3, -0.25) is 4.79 Å². The van der Waals surface area contributed by atoms with Crippen molar-refractivity contribution in [3.63, 3.8) is 0 Å². The molecule has 0 aliphatic rings. The summed E-state index contributed by atoms with van der Waals surface area (Å²) in [6.07, 6.45) is 1.00. The van der Waals surface area contributed by atoms with Crippen molar-refractivity contribution in [1.82, 2.24) is 10.3 Å². The van der Waals surface area contributed by atoms with Gasteiger partial charge in [0.15, 0.2) is 0 Å². The van der Waals surface area contributed by atoms with Gasteiger partial charge in [-0.2, -0.15) is 0 Å². The molecule has 0 radical (unpaired) electrons. The topological polar surface area (TPSA) is 42.0 Å². The Kier molecular flexibility index (Phi) is 4.80. The van der Waals surface area contributed by atoms with Crippen molar-refractivity contribution < 1.29 is 4.79 Å². The molecule has 0 saturated carbocycles. The Morgan fingerprint density at radius 1 is 1.26 bits per heavy atom. The van der Waals surface area contributed by atoms with Crippen molar-refractivity contribution in [3.8, 4) is 0 Å². The number of rotatable bonds is 4. The number of pyridine rings is 1. The largest absolute Gasteiger partial charge is 0.346 e. The first-order valence-corrected chi connectivity index (χ1v) is 7.35. The van der Waals surface area contributed by atoms with E-state index in [9.17, 15) is 4.79 Å². The molecule has 3 nitrogen and oxygen atoms in total. The van der Waals surface area contributed by atoms with E-state index in [0.717, 1.165) is 11.3 Å². The Hall–Kier alpha value is -1.10. The summed E-state index contributed by atoms with van der Waals surface area (Å²) in [4.78, 5) is 18.3. The lowest BCUT2D eigenvalue weighted by atomic mass is 10.3. The summed E-state index contributed by atoms with van der Waals surface area (Å²) in [5.41, 5.74) is 0.154. The molecule has 0 fully saturated rings. The average Bonchev–Trinajstić information content (AvgIpc) is 2.87. The Morgan fingerprint density at radius 3 is 2.68 bits per heavy atom. The second-order valence-corrected chi connectivity index (χ2v) is 5.92. The van der Waals surface area contributed by atoms with Gasteiger partial charge in [0.05, 0.1) is 11.6 Å². The molecule has 2 heterocycles. The summed E-state index contributed by atoms with van der Waals surface area (Å²) in [7, 11) is 0. The van der Waals surface area contributed by atoms with Gasteiger partial charge in [0.1, 0.15) is 10.8 Å². The predicted octanol–water partition coefficient (Wildman–Crippen LogP) is 3.94. The predicted molar refractivity (Wildman–Crippen MR) is 79.1 cm³/mol. The Labute approximate surface area is 125 Å². The summed E-state index contributed by atoms with van der Waals surface area (Å²) in [6.45, 7) is 2.57. The molecule has 0 spiro atoms. The van der Waals surface area contributed by atoms with Gasteiger partial charge in [0.2, 0.25) is 0 Å². The molecule has 6 heteroatoms. The molecule has 1 N–H and O–H groups in total. The Bertz CT molecular complexity index is 598. The quantitative estimate of drug-likeness (QED) is 0.868. The molecule has 100 valence electrons. The number of halogens is 2. The van der Waals surface area contributed by atoms with E-state index >= 15 is 0 Å². The molecule has 2 aromatic rings. The monoisotopic (exact) mass is 314 g/mol. The average molecular weight is 315 g/mol. The van der Waals surface area contributed by atoms with Crippen molar-refractivity contribution in [3.05, 3.63) is 49.9 Å². The number of hydrogen-bond donors (Lipinski definition) is 1. The second kappa shape index (κ2) is 6.37. The van der Waals surface area contributed by atoms with Gasteiger partial charge in [-0.1, -0.05) is 30.1 Å². The van der Waals surface area contributed by atoms with Gasteiger partial charge >= 0.3 is 0 Å². The van der Waals surface area contributed by atoms with E-state index in [0.29, 0.717) is 11.6 Å². The Morgan fingerprint density at radius 2 is 2.00 bits per heavy atom. The number of nitrogens with one attached hydrogen (secondary N) is 1. The van der Waals surface area contributed by atoms with Gasteiger partial charge in [-0.15, -0.1) is 11.3 Å². The molecular formula is C13H12Cl2N2OS. The van der Waals surface area contributed by atoms with Crippen molar-refractivity contribution in [1.29, 1.82) is 0 Å². The van der Waals surface area contributed by atoms with E-state index in [1.165, 1.54) is 4.88 Å². The normalized spacial score (nSPS) is 10.5. The van der Waals surface area contributed by atoms with Gasteiger partial charge in [0.25, 0.3) is 5.91 Å². The van der Waals surface area contributed by atoms with Gasteiger partial charge in [-0.05, 0) is 30.7 Å². The van der Waals surface area contributed by atoms with Crippen LogP contribution in [0.2, 0.25) is 10.2 Å². The van der Waals surface area contributed by atoms with Crippen LogP contribution in [-0.4, -0.2) is 10.9 Å². The lowest BCUT2D eigenvalue weighted by Gasteiger charge is -2.05. The SMILES string of the molecule is CCc1ccc(CNC(=O)c2nc(Cl)ccc2Cl)s1. The van der Waals surface area contributed by atoms with E-state index in [4.69, 9.17) is 23.2 Å². The molecule has 0 aliphatic heterocycles. The molecule has 0 saturated heterocycles. The number of amides is 1. The number of hydrogen-bond acceptors (Lipinski definition) is 3. The maximum atomic E-state index is 12.0. The van der Waals surface area contributed by atoms with Gasteiger partial charge in [-0.25, -0.2) is 4.98 Å². The first-order valence-electron chi connectivity index (χ1n) is 5.78. The zero-order chi connectivity index (χ0) is 13.8. The minimum atomic E-state index is -0.320. The number of nitrogens with zero attached hydrogens (tertiary/aromatic N) is 1. The highest BCUT2D eigenvalue weighted by Crippen LogP contribution is 2.18. The highest BCUT2D eigenvalue weighted by Gasteiger charge is 2.12. The van der Waals surface area contributed by atoms with Crippen LogP contribution in [0.15, 0.2) is 24.3 Å². The fourth-order valence-electron chi connectivity index (χ4n) is 1.54. The van der Waals surface area contributed by atoms with Crippen LogP contribution in [-0.2, 0) is 13.0 Å². The van der Waals surface area contributed by atoms with E-state index in [-0.39, 0.29) is 16.8 Å². The molecule has 0 unspecified atom stereocenters. The van der Waals surface area contributed by atoms with Crippen molar-refractivity contribution in [2.45, 2.75) is 19.9 Å². The minimum absolute atomic E-state index is 0.154. The van der Waals surface area contributed by atoms with Crippen LogP contribution in [0.1, 0.15) is 27.2 Å². The van der Waals surface area contributed by atoms with Crippen molar-refractivity contribution in [2.24, 2.45) is 0 Å². The second-order valence-electron chi connectivity index (χ2n) is 3.87. The summed E-state index contributed by atoms with van der Waals surface area (Å²) < 4.78 is 0. The number of aromatic nitrogens is 1. The van der Waals surface area contributed by atoms with Gasteiger partial charge in [0, 0.05) is 9.75 Å². The maximum absolute atomic E-state index is 12.0. The third kappa shape index (κ3) is 3.69. The molecule has 2 rings (SSSR count). The molecule has 0 atom stereocenters. The van der Waals surface area contributed by atoms with E-state index in [1.807, 2.05) is 6.07 Å². The lowest BCUT2D eigenvalue weighted by molar-refractivity contribution is 0.0946. The number of carbonyl (C=O) groups excluding carboxylic acids is 1. The maximum Gasteiger partial charge on any atom is 0.271 e. The van der Waals surface area contributed by atoms with Crippen LogP contribution in [0, 0.1) is 0 Å². The fourth-order valence-corrected chi connectivity index (χ4v) is 2.77. The van der Waals surface area contributed by atoms with E-state index in [2.05, 4.69) is 23.3 Å². The van der Waals surface area contributed by atoms with Crippen LogP contribution in [0.25, 0.3) is 0 Å². The zero-order valence-corrected chi connectivity index (χ0v) is 12.6.